The molecule has 0 spiro atoms. The number of urea groups is 1. The summed E-state index contributed by atoms with van der Waals surface area (Å²) in [6, 6.07) is 5.62. The van der Waals surface area contributed by atoms with Crippen LogP contribution in [0, 0.1) is 11.6 Å². The van der Waals surface area contributed by atoms with E-state index in [2.05, 4.69) is 10.6 Å². The van der Waals surface area contributed by atoms with Crippen LogP contribution in [0.25, 0.3) is 5.57 Å². The van der Waals surface area contributed by atoms with Crippen LogP contribution in [-0.4, -0.2) is 54.3 Å². The predicted molar refractivity (Wildman–Crippen MR) is 121 cm³/mol. The van der Waals surface area contributed by atoms with Crippen molar-refractivity contribution < 1.29 is 33.1 Å². The van der Waals surface area contributed by atoms with E-state index in [9.17, 15) is 33.1 Å². The van der Waals surface area contributed by atoms with Crippen LogP contribution in [0.1, 0.15) is 28.4 Å². The lowest BCUT2D eigenvalue weighted by molar-refractivity contribution is -0.139. The third-order valence-electron chi connectivity index (χ3n) is 5.17. The monoisotopic (exact) mass is 474 g/mol. The number of halogens is 2. The molecule has 9 nitrogen and oxygen atoms in total. The molecule has 1 atom stereocenters. The van der Waals surface area contributed by atoms with Gasteiger partial charge in [-0.2, -0.15) is 0 Å². The van der Waals surface area contributed by atoms with E-state index in [0.29, 0.717) is 35.2 Å². The van der Waals surface area contributed by atoms with Gasteiger partial charge in [0.2, 0.25) is 0 Å². The molecular formula is C23H24F2N4O5. The summed E-state index contributed by atoms with van der Waals surface area (Å²) in [5.41, 5.74) is 5.72. The SMILES string of the molecule is CNC(=O)N(C)C(C)=C(C=O)c1ccc(CC(NC(=O)c2cc(F)c(N)cc2F)C(=O)O)cc1. The van der Waals surface area contributed by atoms with Crippen LogP contribution in [0.3, 0.4) is 0 Å². The maximum atomic E-state index is 14.0. The number of rotatable bonds is 8. The number of nitrogens with zero attached hydrogens (tertiary/aromatic N) is 1. The van der Waals surface area contributed by atoms with E-state index in [1.807, 2.05) is 0 Å². The van der Waals surface area contributed by atoms with Crippen LogP contribution in [0.5, 0.6) is 0 Å². The van der Waals surface area contributed by atoms with E-state index >= 15 is 0 Å². The Morgan fingerprint density at radius 2 is 1.76 bits per heavy atom. The Balaban J connectivity index is 2.23. The predicted octanol–water partition coefficient (Wildman–Crippen LogP) is 2.17. The normalized spacial score (nSPS) is 12.3. The van der Waals surface area contributed by atoms with E-state index < -0.39 is 46.8 Å². The first-order valence-corrected chi connectivity index (χ1v) is 9.99. The van der Waals surface area contributed by atoms with Gasteiger partial charge in [-0.25, -0.2) is 18.4 Å². The molecule has 1 unspecified atom stereocenters. The number of anilines is 1. The van der Waals surface area contributed by atoms with Crippen molar-refractivity contribution in [3.63, 3.8) is 0 Å². The molecule has 11 heteroatoms. The minimum Gasteiger partial charge on any atom is -0.480 e. The molecule has 180 valence electrons. The average Bonchev–Trinajstić information content (AvgIpc) is 2.81. The Morgan fingerprint density at radius 1 is 1.15 bits per heavy atom. The summed E-state index contributed by atoms with van der Waals surface area (Å²) in [5, 5.41) is 14.1. The number of benzene rings is 2. The van der Waals surface area contributed by atoms with Gasteiger partial charge in [0.15, 0.2) is 6.29 Å². The number of nitrogens with one attached hydrogen (secondary N) is 2. The van der Waals surface area contributed by atoms with Gasteiger partial charge in [0.05, 0.1) is 11.3 Å². The molecule has 34 heavy (non-hydrogen) atoms. The summed E-state index contributed by atoms with van der Waals surface area (Å²) in [4.78, 5) is 48.7. The van der Waals surface area contributed by atoms with Crippen molar-refractivity contribution in [1.29, 1.82) is 0 Å². The highest BCUT2D eigenvalue weighted by Gasteiger charge is 2.24. The van der Waals surface area contributed by atoms with Crippen molar-refractivity contribution in [3.05, 3.63) is 70.4 Å². The summed E-state index contributed by atoms with van der Waals surface area (Å²) in [5.74, 6) is -4.59. The van der Waals surface area contributed by atoms with Gasteiger partial charge in [0.1, 0.15) is 17.7 Å². The number of aldehydes is 1. The lowest BCUT2D eigenvalue weighted by atomic mass is 9.99. The quantitative estimate of drug-likeness (QED) is 0.262. The van der Waals surface area contributed by atoms with Crippen molar-refractivity contribution in [2.45, 2.75) is 19.4 Å². The minimum atomic E-state index is -1.44. The number of hydrogen-bond acceptors (Lipinski definition) is 5. The molecule has 0 aliphatic heterocycles. The fraction of sp³-hybridized carbons (Fsp3) is 0.217. The number of carbonyl (C=O) groups is 4. The van der Waals surface area contributed by atoms with Crippen LogP contribution in [-0.2, 0) is 16.0 Å². The van der Waals surface area contributed by atoms with Crippen molar-refractivity contribution in [2.24, 2.45) is 0 Å². The molecule has 0 radical (unpaired) electrons. The Hall–Kier alpha value is -4.28. The highest BCUT2D eigenvalue weighted by Crippen LogP contribution is 2.21. The molecule has 0 aliphatic rings. The lowest BCUT2D eigenvalue weighted by Crippen LogP contribution is -2.42. The van der Waals surface area contributed by atoms with Gasteiger partial charge in [0.25, 0.3) is 5.91 Å². The molecule has 0 saturated heterocycles. The minimum absolute atomic E-state index is 0.169. The second-order valence-corrected chi connectivity index (χ2v) is 7.35. The van der Waals surface area contributed by atoms with Crippen molar-refractivity contribution in [1.82, 2.24) is 15.5 Å². The lowest BCUT2D eigenvalue weighted by Gasteiger charge is -2.19. The van der Waals surface area contributed by atoms with Crippen LogP contribution < -0.4 is 16.4 Å². The van der Waals surface area contributed by atoms with E-state index in [1.54, 1.807) is 31.2 Å². The zero-order chi connectivity index (χ0) is 25.6. The Morgan fingerprint density at radius 3 is 2.29 bits per heavy atom. The number of carboxylic acid groups (broad SMARTS) is 1. The average molecular weight is 474 g/mol. The van der Waals surface area contributed by atoms with Crippen LogP contribution in [0.2, 0.25) is 0 Å². The first-order valence-electron chi connectivity index (χ1n) is 9.99. The Kier molecular flexibility index (Phi) is 8.43. The molecule has 2 aromatic carbocycles. The van der Waals surface area contributed by atoms with E-state index in [1.165, 1.54) is 19.0 Å². The van der Waals surface area contributed by atoms with Crippen LogP contribution in [0.4, 0.5) is 19.3 Å². The zero-order valence-corrected chi connectivity index (χ0v) is 18.7. The standard InChI is InChI=1S/C23H24F2N4O5/c1-12(29(3)23(34)27-2)16(11-30)14-6-4-13(5-7-14)8-20(22(32)33)28-21(31)15-9-18(25)19(26)10-17(15)24/h4-7,9-11,20H,8,26H2,1-3H3,(H,27,34)(H,28,31)(H,32,33). The number of carbonyl (C=O) groups excluding carboxylic acids is 3. The summed E-state index contributed by atoms with van der Waals surface area (Å²) in [7, 11) is 2.96. The zero-order valence-electron chi connectivity index (χ0n) is 18.7. The number of carboxylic acids is 1. The summed E-state index contributed by atoms with van der Waals surface area (Å²) < 4.78 is 27.6. The summed E-state index contributed by atoms with van der Waals surface area (Å²) in [6.45, 7) is 1.60. The number of amides is 3. The topological polar surface area (TPSA) is 142 Å². The molecule has 3 amide bonds. The Bertz CT molecular complexity index is 1150. The van der Waals surface area contributed by atoms with Gasteiger partial charge in [-0.05, 0) is 24.1 Å². The molecule has 0 heterocycles. The molecule has 0 aliphatic carbocycles. The van der Waals surface area contributed by atoms with Gasteiger partial charge < -0.3 is 26.4 Å². The van der Waals surface area contributed by atoms with Crippen molar-refractivity contribution >= 4 is 35.5 Å². The molecule has 0 bridgehead atoms. The Labute approximate surface area is 194 Å². The number of nitrogen functional groups attached to an aromatic ring is 1. The molecule has 0 fully saturated rings. The van der Waals surface area contributed by atoms with Gasteiger partial charge >= 0.3 is 12.0 Å². The molecule has 2 aromatic rings. The number of aliphatic carboxylic acids is 1. The highest BCUT2D eigenvalue weighted by atomic mass is 19.1. The number of nitrogens with two attached hydrogens (primary N) is 1. The second kappa shape index (κ2) is 11.0. The van der Waals surface area contributed by atoms with Crippen molar-refractivity contribution in [2.75, 3.05) is 19.8 Å². The van der Waals surface area contributed by atoms with Crippen LogP contribution in [0.15, 0.2) is 42.1 Å². The van der Waals surface area contributed by atoms with E-state index in [4.69, 9.17) is 5.73 Å². The van der Waals surface area contributed by atoms with Gasteiger partial charge in [-0.3, -0.25) is 9.59 Å². The molecule has 0 saturated carbocycles. The largest absolute Gasteiger partial charge is 0.480 e. The van der Waals surface area contributed by atoms with E-state index in [-0.39, 0.29) is 12.0 Å². The fourth-order valence-electron chi connectivity index (χ4n) is 3.09. The summed E-state index contributed by atoms with van der Waals surface area (Å²) in [6.07, 6.45) is 0.433. The third kappa shape index (κ3) is 5.94. The first kappa shape index (κ1) is 26.0. The van der Waals surface area contributed by atoms with Gasteiger partial charge in [0, 0.05) is 37.9 Å². The van der Waals surface area contributed by atoms with Gasteiger partial charge in [-0.1, -0.05) is 24.3 Å². The number of hydrogen-bond donors (Lipinski definition) is 4. The maximum absolute atomic E-state index is 14.0. The third-order valence-corrected chi connectivity index (χ3v) is 5.17. The smallest absolute Gasteiger partial charge is 0.326 e. The molecule has 5 N–H and O–H groups in total. The fourth-order valence-corrected chi connectivity index (χ4v) is 3.09. The maximum Gasteiger partial charge on any atom is 0.326 e. The first-order chi connectivity index (χ1) is 16.0. The molecule has 0 aromatic heterocycles. The highest BCUT2D eigenvalue weighted by molar-refractivity contribution is 6.08. The molecular weight excluding hydrogens is 450 g/mol. The van der Waals surface area contributed by atoms with Crippen LogP contribution >= 0.6 is 0 Å². The molecule has 2 rings (SSSR count). The van der Waals surface area contributed by atoms with Gasteiger partial charge in [-0.15, -0.1) is 0 Å². The summed E-state index contributed by atoms with van der Waals surface area (Å²) >= 11 is 0. The van der Waals surface area contributed by atoms with Crippen molar-refractivity contribution in [3.8, 4) is 0 Å². The number of allylic oxidation sites excluding steroid dienone is 2. The van der Waals surface area contributed by atoms with E-state index in [0.717, 1.165) is 0 Å². The second-order valence-electron chi connectivity index (χ2n) is 7.35.